The molecule has 0 saturated carbocycles. The van der Waals surface area contributed by atoms with Crippen LogP contribution in [-0.4, -0.2) is 0 Å². The molecule has 0 amide bonds. The molecule has 2 heterocycles. The van der Waals surface area contributed by atoms with Crippen molar-refractivity contribution < 1.29 is 8.83 Å². The van der Waals surface area contributed by atoms with Gasteiger partial charge in [-0.15, -0.1) is 0 Å². The van der Waals surface area contributed by atoms with Crippen LogP contribution in [0.4, 0.5) is 34.1 Å². The maximum Gasteiger partial charge on any atom is 0.159 e. The van der Waals surface area contributed by atoms with Gasteiger partial charge in [0.2, 0.25) is 0 Å². The highest BCUT2D eigenvalue weighted by atomic mass is 16.3. The number of nitrogens with zero attached hydrogens (tertiary/aromatic N) is 2. The summed E-state index contributed by atoms with van der Waals surface area (Å²) in [6.07, 6.45) is 0. The van der Waals surface area contributed by atoms with Crippen molar-refractivity contribution in [2.24, 2.45) is 0 Å². The first-order valence-electron chi connectivity index (χ1n) is 21.7. The van der Waals surface area contributed by atoms with Crippen LogP contribution in [0.2, 0.25) is 0 Å². The Labute approximate surface area is 364 Å². The van der Waals surface area contributed by atoms with Crippen LogP contribution in [0.25, 0.3) is 76.5 Å². The largest absolute Gasteiger partial charge is 0.454 e. The highest BCUT2D eigenvalue weighted by Gasteiger charge is 2.35. The van der Waals surface area contributed by atoms with Gasteiger partial charge in [-0.25, -0.2) is 0 Å². The van der Waals surface area contributed by atoms with Crippen molar-refractivity contribution in [3.63, 3.8) is 0 Å². The first-order chi connectivity index (χ1) is 31.0. The third kappa shape index (κ3) is 5.28. The van der Waals surface area contributed by atoms with E-state index in [1.165, 1.54) is 43.8 Å². The van der Waals surface area contributed by atoms with Crippen molar-refractivity contribution in [3.8, 4) is 11.1 Å². The first kappa shape index (κ1) is 35.7. The van der Waals surface area contributed by atoms with Gasteiger partial charge in [0.05, 0.1) is 11.4 Å². The standard InChI is InChI=1S/C59H40N2O2/c1-59(2)50-25-13-22-45-48-35-40(60(38-16-5-3-6-17-38)52-26-14-23-46-43-20-9-11-28-54(43)62-57(46)52)31-30-37(48)34-49(56(45)50)42-33-32-41(36-51(42)59)61(39-18-7-4-8-19-39)53-27-15-24-47-44-21-10-12-29-55(44)63-58(47)53/h3-36H,1-2H3. The lowest BCUT2D eigenvalue weighted by Crippen LogP contribution is -2.24. The van der Waals surface area contributed by atoms with E-state index < -0.39 is 0 Å². The molecule has 0 spiro atoms. The van der Waals surface area contributed by atoms with E-state index in [2.05, 4.69) is 218 Å². The summed E-state index contributed by atoms with van der Waals surface area (Å²) in [5, 5.41) is 9.43. The van der Waals surface area contributed by atoms with Crippen molar-refractivity contribution in [3.05, 3.63) is 217 Å². The van der Waals surface area contributed by atoms with Crippen LogP contribution in [0.5, 0.6) is 0 Å². The molecular weight excluding hydrogens is 769 g/mol. The molecular formula is C59H40N2O2. The van der Waals surface area contributed by atoms with Crippen LogP contribution in [0.1, 0.15) is 25.0 Å². The Bertz CT molecular complexity index is 3790. The summed E-state index contributed by atoms with van der Waals surface area (Å²) in [5.41, 5.74) is 14.7. The molecule has 4 nitrogen and oxygen atoms in total. The molecule has 0 unspecified atom stereocenters. The number of anilines is 6. The maximum absolute atomic E-state index is 6.64. The Hall–Kier alpha value is -8.08. The zero-order valence-electron chi connectivity index (χ0n) is 34.8. The van der Waals surface area contributed by atoms with E-state index in [1.807, 2.05) is 12.1 Å². The number of hydrogen-bond acceptors (Lipinski definition) is 4. The van der Waals surface area contributed by atoms with Gasteiger partial charge in [0, 0.05) is 49.7 Å². The summed E-state index contributed by atoms with van der Waals surface area (Å²) in [5.74, 6) is 0. The zero-order chi connectivity index (χ0) is 41.8. The molecule has 1 aliphatic carbocycles. The molecule has 1 aliphatic rings. The van der Waals surface area contributed by atoms with Crippen LogP contribution in [0, 0.1) is 0 Å². The van der Waals surface area contributed by atoms with Gasteiger partial charge >= 0.3 is 0 Å². The van der Waals surface area contributed by atoms with Gasteiger partial charge < -0.3 is 18.6 Å². The summed E-state index contributed by atoms with van der Waals surface area (Å²) >= 11 is 0. The van der Waals surface area contributed by atoms with Crippen LogP contribution in [0.3, 0.4) is 0 Å². The molecule has 0 N–H and O–H groups in total. The molecule has 12 aromatic rings. The third-order valence-electron chi connectivity index (χ3n) is 13.4. The fourth-order valence-electron chi connectivity index (χ4n) is 10.5. The molecule has 0 atom stereocenters. The lowest BCUT2D eigenvalue weighted by molar-refractivity contribution is 0.645. The van der Waals surface area contributed by atoms with Crippen LogP contribution < -0.4 is 9.80 Å². The smallest absolute Gasteiger partial charge is 0.159 e. The Morgan fingerprint density at radius 3 is 1.48 bits per heavy atom. The van der Waals surface area contributed by atoms with E-state index in [0.29, 0.717) is 0 Å². The average molecular weight is 809 g/mol. The van der Waals surface area contributed by atoms with E-state index in [-0.39, 0.29) is 5.41 Å². The third-order valence-corrected chi connectivity index (χ3v) is 13.4. The summed E-state index contributed by atoms with van der Waals surface area (Å²) in [6, 6.07) is 74.1. The predicted octanol–water partition coefficient (Wildman–Crippen LogP) is 17.0. The first-order valence-corrected chi connectivity index (χ1v) is 21.7. The second kappa shape index (κ2) is 13.5. The molecule has 0 fully saturated rings. The summed E-state index contributed by atoms with van der Waals surface area (Å²) in [4.78, 5) is 4.69. The molecule has 4 heteroatoms. The average Bonchev–Trinajstić information content (AvgIpc) is 3.91. The van der Waals surface area contributed by atoms with Gasteiger partial charge in [-0.2, -0.15) is 0 Å². The van der Waals surface area contributed by atoms with Crippen LogP contribution in [0.15, 0.2) is 215 Å². The van der Waals surface area contributed by atoms with Gasteiger partial charge in [-0.1, -0.05) is 141 Å². The van der Waals surface area contributed by atoms with Crippen molar-refractivity contribution in [2.45, 2.75) is 19.3 Å². The maximum atomic E-state index is 6.64. The normalized spacial score (nSPS) is 13.0. The van der Waals surface area contributed by atoms with E-state index in [0.717, 1.165) is 78.0 Å². The second-order valence-corrected chi connectivity index (χ2v) is 17.3. The number of benzene rings is 10. The Kier molecular flexibility index (Phi) is 7.62. The monoisotopic (exact) mass is 808 g/mol. The van der Waals surface area contributed by atoms with Gasteiger partial charge in [0.25, 0.3) is 0 Å². The predicted molar refractivity (Wildman–Crippen MR) is 263 cm³/mol. The van der Waals surface area contributed by atoms with Crippen molar-refractivity contribution >= 4 is 99.5 Å². The minimum Gasteiger partial charge on any atom is -0.454 e. The molecule has 0 aliphatic heterocycles. The lowest BCUT2D eigenvalue weighted by Gasteiger charge is -2.37. The number of fused-ring (bicyclic) bond motifs is 10. The molecule has 13 rings (SSSR count). The molecule has 0 radical (unpaired) electrons. The van der Waals surface area contributed by atoms with Gasteiger partial charge in [0.1, 0.15) is 11.2 Å². The quantitative estimate of drug-likeness (QED) is 0.157. The molecule has 10 aromatic carbocycles. The molecule has 298 valence electrons. The van der Waals surface area contributed by atoms with E-state index in [1.54, 1.807) is 0 Å². The molecule has 0 bridgehead atoms. The van der Waals surface area contributed by atoms with E-state index >= 15 is 0 Å². The molecule has 0 saturated heterocycles. The highest BCUT2D eigenvalue weighted by Crippen LogP contribution is 2.53. The number of hydrogen-bond donors (Lipinski definition) is 0. The van der Waals surface area contributed by atoms with E-state index in [9.17, 15) is 0 Å². The Morgan fingerprint density at radius 2 is 0.857 bits per heavy atom. The van der Waals surface area contributed by atoms with Crippen molar-refractivity contribution in [2.75, 3.05) is 9.80 Å². The SMILES string of the molecule is CC1(C)c2cc(N(c3ccccc3)c3cccc4c3oc3ccccc34)ccc2-c2cc3ccc(N(c4ccccc4)c4cccc5c4oc4ccccc45)cc3c3cccc1c23. The van der Waals surface area contributed by atoms with E-state index in [4.69, 9.17) is 8.83 Å². The lowest BCUT2D eigenvalue weighted by atomic mass is 9.68. The number of furan rings is 2. The zero-order valence-corrected chi connectivity index (χ0v) is 34.8. The second-order valence-electron chi connectivity index (χ2n) is 17.3. The van der Waals surface area contributed by atoms with Crippen molar-refractivity contribution in [1.29, 1.82) is 0 Å². The topological polar surface area (TPSA) is 32.8 Å². The fourth-order valence-corrected chi connectivity index (χ4v) is 10.5. The minimum atomic E-state index is -0.302. The molecule has 63 heavy (non-hydrogen) atoms. The van der Waals surface area contributed by atoms with Crippen molar-refractivity contribution in [1.82, 2.24) is 0 Å². The number of para-hydroxylation sites is 6. The number of rotatable bonds is 6. The Balaban J connectivity index is 0.997. The summed E-state index contributed by atoms with van der Waals surface area (Å²) < 4.78 is 13.3. The van der Waals surface area contributed by atoms with Crippen LogP contribution >= 0.6 is 0 Å². The van der Waals surface area contributed by atoms with Gasteiger partial charge in [-0.3, -0.25) is 0 Å². The van der Waals surface area contributed by atoms with Gasteiger partial charge in [0.15, 0.2) is 11.2 Å². The minimum absolute atomic E-state index is 0.302. The van der Waals surface area contributed by atoms with Gasteiger partial charge in [-0.05, 0) is 123 Å². The summed E-state index contributed by atoms with van der Waals surface area (Å²) in [6.45, 7) is 4.76. The highest BCUT2D eigenvalue weighted by molar-refractivity contribution is 6.18. The van der Waals surface area contributed by atoms with Crippen LogP contribution in [-0.2, 0) is 5.41 Å². The molecule has 2 aromatic heterocycles. The Morgan fingerprint density at radius 1 is 0.349 bits per heavy atom. The fraction of sp³-hybridized carbons (Fsp3) is 0.0508. The summed E-state index contributed by atoms with van der Waals surface area (Å²) in [7, 11) is 0.